The van der Waals surface area contributed by atoms with Crippen molar-refractivity contribution in [3.05, 3.63) is 29.3 Å². The van der Waals surface area contributed by atoms with Gasteiger partial charge in [-0.05, 0) is 49.1 Å². The van der Waals surface area contributed by atoms with E-state index in [9.17, 15) is 0 Å². The molecule has 3 rings (SSSR count). The molecule has 0 saturated carbocycles. The summed E-state index contributed by atoms with van der Waals surface area (Å²) in [5, 5.41) is 8.06. The number of nitrogens with two attached hydrogens (primary N) is 1. The first-order valence-corrected chi connectivity index (χ1v) is 7.61. The Morgan fingerprint density at radius 2 is 1.95 bits per heavy atom. The summed E-state index contributed by atoms with van der Waals surface area (Å²) in [6.07, 6.45) is 2.16. The summed E-state index contributed by atoms with van der Waals surface area (Å²) in [6, 6.07) is 7.59. The highest BCUT2D eigenvalue weighted by Crippen LogP contribution is 2.31. The van der Waals surface area contributed by atoms with E-state index in [1.165, 1.54) is 0 Å². The summed E-state index contributed by atoms with van der Waals surface area (Å²) in [6.45, 7) is 4.89. The van der Waals surface area contributed by atoms with E-state index in [1.54, 1.807) is 0 Å². The molecule has 1 fully saturated rings. The number of nitrogens with zero attached hydrogens (tertiary/aromatic N) is 3. The van der Waals surface area contributed by atoms with Gasteiger partial charge in [-0.2, -0.15) is 4.98 Å². The van der Waals surface area contributed by atoms with Gasteiger partial charge in [0.25, 0.3) is 0 Å². The zero-order valence-corrected chi connectivity index (χ0v) is 12.9. The van der Waals surface area contributed by atoms with Crippen LogP contribution in [-0.4, -0.2) is 34.8 Å². The maximum Gasteiger partial charge on any atom is 0.245 e. The Morgan fingerprint density at radius 1 is 1.29 bits per heavy atom. The number of hydrogen-bond donors (Lipinski definition) is 2. The molecule has 3 N–H and O–H groups in total. The largest absolute Gasteiger partial charge is 0.339 e. The summed E-state index contributed by atoms with van der Waals surface area (Å²) in [4.78, 5) is 6.81. The number of halogens is 1. The molecule has 2 aromatic rings. The monoisotopic (exact) mass is 305 g/mol. The predicted molar refractivity (Wildman–Crippen MR) is 85.4 cm³/mol. The molecular formula is C15H20ClN5. The van der Waals surface area contributed by atoms with Gasteiger partial charge in [0.2, 0.25) is 5.95 Å². The first kappa shape index (κ1) is 14.4. The Labute approximate surface area is 129 Å². The van der Waals surface area contributed by atoms with Gasteiger partial charge in [-0.3, -0.25) is 5.10 Å². The third-order valence-corrected chi connectivity index (χ3v) is 4.59. The molecule has 112 valence electrons. The Bertz CT molecular complexity index is 599. The van der Waals surface area contributed by atoms with Crippen LogP contribution in [0.5, 0.6) is 0 Å². The van der Waals surface area contributed by atoms with Crippen molar-refractivity contribution in [3.63, 3.8) is 0 Å². The first-order chi connectivity index (χ1) is 10.1. The maximum absolute atomic E-state index is 5.90. The minimum absolute atomic E-state index is 0.256. The molecule has 0 radical (unpaired) electrons. The zero-order chi connectivity index (χ0) is 14.9. The second-order valence-corrected chi connectivity index (χ2v) is 6.43. The molecule has 1 aromatic heterocycles. The number of benzene rings is 1. The van der Waals surface area contributed by atoms with Crippen molar-refractivity contribution < 1.29 is 0 Å². The van der Waals surface area contributed by atoms with Crippen molar-refractivity contribution in [2.24, 2.45) is 11.1 Å². The van der Waals surface area contributed by atoms with E-state index in [4.69, 9.17) is 17.3 Å². The lowest BCUT2D eigenvalue weighted by Gasteiger charge is -2.38. The second kappa shape index (κ2) is 5.66. The lowest BCUT2D eigenvalue weighted by molar-refractivity contribution is 0.257. The molecule has 0 bridgehead atoms. The number of anilines is 1. The Morgan fingerprint density at radius 3 is 2.57 bits per heavy atom. The number of aromatic amines is 1. The molecular weight excluding hydrogens is 286 g/mol. The Hall–Kier alpha value is -1.59. The highest BCUT2D eigenvalue weighted by Gasteiger charge is 2.30. The van der Waals surface area contributed by atoms with Crippen molar-refractivity contribution in [2.45, 2.75) is 19.8 Å². The first-order valence-electron chi connectivity index (χ1n) is 7.23. The van der Waals surface area contributed by atoms with Gasteiger partial charge in [0, 0.05) is 23.7 Å². The number of rotatable bonds is 3. The number of nitrogens with one attached hydrogen (secondary N) is 1. The number of H-pyrrole nitrogens is 1. The van der Waals surface area contributed by atoms with Crippen molar-refractivity contribution in [1.82, 2.24) is 15.2 Å². The molecule has 2 heterocycles. The third-order valence-electron chi connectivity index (χ3n) is 4.34. The SMILES string of the molecule is CC1(CN)CCN(c2n[nH]c(-c3ccc(Cl)cc3)n2)CC1. The van der Waals surface area contributed by atoms with Gasteiger partial charge in [-0.15, -0.1) is 5.10 Å². The van der Waals surface area contributed by atoms with E-state index in [0.717, 1.165) is 54.8 Å². The van der Waals surface area contributed by atoms with Gasteiger partial charge in [-0.25, -0.2) is 0 Å². The Balaban J connectivity index is 1.72. The molecule has 1 aliphatic rings. The number of aromatic nitrogens is 3. The van der Waals surface area contributed by atoms with Crippen LogP contribution in [0.15, 0.2) is 24.3 Å². The van der Waals surface area contributed by atoms with Crippen LogP contribution in [0.3, 0.4) is 0 Å². The lowest BCUT2D eigenvalue weighted by atomic mass is 9.81. The molecule has 1 saturated heterocycles. The third kappa shape index (κ3) is 3.04. The van der Waals surface area contributed by atoms with Crippen molar-refractivity contribution in [3.8, 4) is 11.4 Å². The van der Waals surface area contributed by atoms with Crippen LogP contribution in [0.2, 0.25) is 5.02 Å². The number of hydrogen-bond acceptors (Lipinski definition) is 4. The molecule has 0 atom stereocenters. The highest BCUT2D eigenvalue weighted by atomic mass is 35.5. The Kier molecular flexibility index (Phi) is 3.87. The van der Waals surface area contributed by atoms with E-state index in [0.29, 0.717) is 0 Å². The van der Waals surface area contributed by atoms with Crippen LogP contribution < -0.4 is 10.6 Å². The van der Waals surface area contributed by atoms with Crippen LogP contribution in [0.25, 0.3) is 11.4 Å². The summed E-state index contributed by atoms with van der Waals surface area (Å²) in [7, 11) is 0. The highest BCUT2D eigenvalue weighted by molar-refractivity contribution is 6.30. The molecule has 0 aliphatic carbocycles. The van der Waals surface area contributed by atoms with Crippen LogP contribution in [0, 0.1) is 5.41 Å². The molecule has 0 amide bonds. The second-order valence-electron chi connectivity index (χ2n) is 5.99. The summed E-state index contributed by atoms with van der Waals surface area (Å²) in [5.74, 6) is 1.54. The van der Waals surface area contributed by atoms with Gasteiger partial charge in [-0.1, -0.05) is 18.5 Å². The minimum Gasteiger partial charge on any atom is -0.339 e. The van der Waals surface area contributed by atoms with E-state index in [1.807, 2.05) is 24.3 Å². The fourth-order valence-corrected chi connectivity index (χ4v) is 2.71. The van der Waals surface area contributed by atoms with Gasteiger partial charge in [0.1, 0.15) is 0 Å². The quantitative estimate of drug-likeness (QED) is 0.914. The molecule has 6 heteroatoms. The summed E-state index contributed by atoms with van der Waals surface area (Å²) < 4.78 is 0. The summed E-state index contributed by atoms with van der Waals surface area (Å²) in [5.41, 5.74) is 7.09. The van der Waals surface area contributed by atoms with Gasteiger partial charge >= 0.3 is 0 Å². The van der Waals surface area contributed by atoms with Gasteiger partial charge in [0.05, 0.1) is 0 Å². The fourth-order valence-electron chi connectivity index (χ4n) is 2.58. The minimum atomic E-state index is 0.256. The van der Waals surface area contributed by atoms with Crippen LogP contribution in [-0.2, 0) is 0 Å². The van der Waals surface area contributed by atoms with E-state index in [-0.39, 0.29) is 5.41 Å². The lowest BCUT2D eigenvalue weighted by Crippen LogP contribution is -2.42. The van der Waals surface area contributed by atoms with E-state index < -0.39 is 0 Å². The van der Waals surface area contributed by atoms with E-state index in [2.05, 4.69) is 27.0 Å². The molecule has 0 unspecified atom stereocenters. The van der Waals surface area contributed by atoms with Gasteiger partial charge in [0.15, 0.2) is 5.82 Å². The molecule has 1 aromatic carbocycles. The van der Waals surface area contributed by atoms with Crippen molar-refractivity contribution >= 4 is 17.5 Å². The summed E-state index contributed by atoms with van der Waals surface area (Å²) >= 11 is 5.90. The molecule has 21 heavy (non-hydrogen) atoms. The molecule has 0 spiro atoms. The molecule has 5 nitrogen and oxygen atoms in total. The van der Waals surface area contributed by atoms with Crippen molar-refractivity contribution in [1.29, 1.82) is 0 Å². The topological polar surface area (TPSA) is 70.8 Å². The smallest absolute Gasteiger partial charge is 0.245 e. The molecule has 1 aliphatic heterocycles. The predicted octanol–water partition coefficient (Wildman–Crippen LogP) is 2.69. The zero-order valence-electron chi connectivity index (χ0n) is 12.1. The average molecular weight is 306 g/mol. The van der Waals surface area contributed by atoms with Gasteiger partial charge < -0.3 is 10.6 Å². The standard InChI is InChI=1S/C15H20ClN5/c1-15(10-17)6-8-21(9-7-15)14-18-13(19-20-14)11-2-4-12(16)5-3-11/h2-5H,6-10,17H2,1H3,(H,18,19,20). The van der Waals surface area contributed by atoms with Crippen LogP contribution in [0.1, 0.15) is 19.8 Å². The van der Waals surface area contributed by atoms with Crippen LogP contribution >= 0.6 is 11.6 Å². The number of piperidine rings is 1. The normalized spacial score (nSPS) is 18.0. The maximum atomic E-state index is 5.90. The average Bonchev–Trinajstić information content (AvgIpc) is 2.98. The van der Waals surface area contributed by atoms with Crippen molar-refractivity contribution in [2.75, 3.05) is 24.5 Å². The van der Waals surface area contributed by atoms with Crippen LogP contribution in [0.4, 0.5) is 5.95 Å². The van der Waals surface area contributed by atoms with E-state index >= 15 is 0 Å². The fraction of sp³-hybridized carbons (Fsp3) is 0.467.